The number of benzene rings is 2. The molecule has 3 rings (SSSR count). The fourth-order valence-corrected chi connectivity index (χ4v) is 3.03. The summed E-state index contributed by atoms with van der Waals surface area (Å²) >= 11 is 0. The SMILES string of the molecule is COC(=O)C1(c2ccccc2)CNC(CCNC(=O)OCc2ccccc2)=N1. The van der Waals surface area contributed by atoms with E-state index in [0.29, 0.717) is 25.3 Å². The van der Waals surface area contributed by atoms with Crippen molar-refractivity contribution in [3.8, 4) is 0 Å². The number of carbonyl (C=O) groups excluding carboxylic acids is 2. The molecule has 1 aliphatic rings. The quantitative estimate of drug-likeness (QED) is 0.719. The first kappa shape index (κ1) is 19.4. The van der Waals surface area contributed by atoms with Crippen LogP contribution in [0.2, 0.25) is 0 Å². The van der Waals surface area contributed by atoms with Crippen LogP contribution in [-0.2, 0) is 26.4 Å². The minimum absolute atomic E-state index is 0.214. The van der Waals surface area contributed by atoms with Crippen molar-refractivity contribution in [1.29, 1.82) is 0 Å². The summed E-state index contributed by atoms with van der Waals surface area (Å²) < 4.78 is 10.2. The van der Waals surface area contributed by atoms with E-state index in [1.54, 1.807) is 0 Å². The monoisotopic (exact) mass is 381 g/mol. The van der Waals surface area contributed by atoms with Crippen LogP contribution in [-0.4, -0.2) is 38.1 Å². The number of alkyl carbamates (subject to hydrolysis) is 1. The molecule has 1 unspecified atom stereocenters. The first-order valence-electron chi connectivity index (χ1n) is 9.05. The molecule has 0 fully saturated rings. The van der Waals surface area contributed by atoms with Crippen LogP contribution in [0.5, 0.6) is 0 Å². The summed E-state index contributed by atoms with van der Waals surface area (Å²) in [5.41, 5.74) is 0.587. The van der Waals surface area contributed by atoms with Crippen molar-refractivity contribution in [1.82, 2.24) is 10.6 Å². The number of nitrogens with one attached hydrogen (secondary N) is 2. The average Bonchev–Trinajstić information content (AvgIpc) is 3.18. The fraction of sp³-hybridized carbons (Fsp3) is 0.286. The third-order valence-electron chi connectivity index (χ3n) is 4.49. The number of ether oxygens (including phenoxy) is 2. The molecule has 28 heavy (non-hydrogen) atoms. The van der Waals surface area contributed by atoms with Gasteiger partial charge in [-0.3, -0.25) is 0 Å². The topological polar surface area (TPSA) is 89.0 Å². The summed E-state index contributed by atoms with van der Waals surface area (Å²) in [6.07, 6.45) is -0.0452. The Bertz CT molecular complexity index is 839. The Morgan fingerprint density at radius 2 is 1.79 bits per heavy atom. The number of esters is 1. The highest BCUT2D eigenvalue weighted by Crippen LogP contribution is 2.30. The zero-order chi connectivity index (χ0) is 19.8. The molecule has 1 aliphatic heterocycles. The molecule has 0 radical (unpaired) electrons. The first-order valence-corrected chi connectivity index (χ1v) is 9.05. The summed E-state index contributed by atoms with van der Waals surface area (Å²) in [4.78, 5) is 28.8. The maximum atomic E-state index is 12.4. The van der Waals surface area contributed by atoms with Gasteiger partial charge < -0.3 is 20.1 Å². The minimum Gasteiger partial charge on any atom is -0.467 e. The van der Waals surface area contributed by atoms with Crippen LogP contribution >= 0.6 is 0 Å². The van der Waals surface area contributed by atoms with Crippen molar-refractivity contribution in [3.05, 3.63) is 71.8 Å². The molecule has 2 aromatic carbocycles. The van der Waals surface area contributed by atoms with E-state index < -0.39 is 17.6 Å². The molecular formula is C21H23N3O4. The van der Waals surface area contributed by atoms with Crippen molar-refractivity contribution >= 4 is 17.9 Å². The van der Waals surface area contributed by atoms with E-state index in [0.717, 1.165) is 11.1 Å². The van der Waals surface area contributed by atoms with Gasteiger partial charge in [-0.25, -0.2) is 14.6 Å². The van der Waals surface area contributed by atoms with Gasteiger partial charge in [-0.1, -0.05) is 60.7 Å². The molecule has 0 aromatic heterocycles. The minimum atomic E-state index is -1.10. The van der Waals surface area contributed by atoms with Crippen LogP contribution in [0.15, 0.2) is 65.7 Å². The van der Waals surface area contributed by atoms with E-state index in [9.17, 15) is 9.59 Å². The number of aliphatic imine (C=N–C) groups is 1. The number of rotatable bonds is 7. The largest absolute Gasteiger partial charge is 0.467 e. The van der Waals surface area contributed by atoms with Crippen LogP contribution < -0.4 is 10.6 Å². The van der Waals surface area contributed by atoms with Crippen LogP contribution in [0.25, 0.3) is 0 Å². The lowest BCUT2D eigenvalue weighted by Gasteiger charge is -2.22. The molecule has 0 spiro atoms. The zero-order valence-corrected chi connectivity index (χ0v) is 15.7. The normalized spacial score (nSPS) is 18.0. The number of hydrogen-bond donors (Lipinski definition) is 2. The van der Waals surface area contributed by atoms with Crippen LogP contribution in [0, 0.1) is 0 Å². The van der Waals surface area contributed by atoms with E-state index in [2.05, 4.69) is 15.6 Å². The highest BCUT2D eigenvalue weighted by molar-refractivity contribution is 5.93. The molecule has 146 valence electrons. The maximum absolute atomic E-state index is 12.4. The van der Waals surface area contributed by atoms with E-state index in [4.69, 9.17) is 9.47 Å². The molecule has 2 N–H and O–H groups in total. The standard InChI is InChI=1S/C21H23N3O4/c1-27-19(25)21(17-10-6-3-7-11-17)15-23-18(24-21)12-13-22-20(26)28-14-16-8-4-2-5-9-16/h2-11H,12-15H2,1H3,(H,22,26)(H,23,24). The summed E-state index contributed by atoms with van der Waals surface area (Å²) in [6.45, 7) is 0.869. The Morgan fingerprint density at radius 3 is 2.46 bits per heavy atom. The Kier molecular flexibility index (Phi) is 6.26. The second-order valence-electron chi connectivity index (χ2n) is 6.37. The summed E-state index contributed by atoms with van der Waals surface area (Å²) in [6, 6.07) is 18.8. The summed E-state index contributed by atoms with van der Waals surface area (Å²) in [5, 5.41) is 5.84. The number of carbonyl (C=O) groups is 2. The number of hydrogen-bond acceptors (Lipinski definition) is 6. The second-order valence-corrected chi connectivity index (χ2v) is 6.37. The third-order valence-corrected chi connectivity index (χ3v) is 4.49. The van der Waals surface area contributed by atoms with Crippen LogP contribution in [0.4, 0.5) is 4.79 Å². The second kappa shape index (κ2) is 9.03. The smallest absolute Gasteiger partial charge is 0.407 e. The lowest BCUT2D eigenvalue weighted by Crippen LogP contribution is -2.39. The van der Waals surface area contributed by atoms with E-state index in [-0.39, 0.29) is 6.61 Å². The molecule has 1 amide bonds. The van der Waals surface area contributed by atoms with E-state index >= 15 is 0 Å². The molecule has 0 bridgehead atoms. The van der Waals surface area contributed by atoms with Crippen LogP contribution in [0.3, 0.4) is 0 Å². The summed E-state index contributed by atoms with van der Waals surface area (Å²) in [7, 11) is 1.35. The summed E-state index contributed by atoms with van der Waals surface area (Å²) in [5.74, 6) is 0.217. The Balaban J connectivity index is 1.54. The van der Waals surface area contributed by atoms with Gasteiger partial charge in [0.1, 0.15) is 12.4 Å². The fourth-order valence-electron chi connectivity index (χ4n) is 3.03. The Labute approximate surface area is 163 Å². The van der Waals surface area contributed by atoms with Gasteiger partial charge in [-0.2, -0.15) is 0 Å². The van der Waals surface area contributed by atoms with E-state index in [1.807, 2.05) is 60.7 Å². The van der Waals surface area contributed by atoms with Crippen molar-refractivity contribution in [2.24, 2.45) is 4.99 Å². The molecule has 1 heterocycles. The van der Waals surface area contributed by atoms with Crippen molar-refractivity contribution in [2.75, 3.05) is 20.2 Å². The molecule has 1 atom stereocenters. The van der Waals surface area contributed by atoms with Crippen LogP contribution in [0.1, 0.15) is 17.5 Å². The first-order chi connectivity index (χ1) is 13.6. The van der Waals surface area contributed by atoms with Gasteiger partial charge in [0.2, 0.25) is 5.54 Å². The van der Waals surface area contributed by atoms with Gasteiger partial charge in [0.05, 0.1) is 13.7 Å². The lowest BCUT2D eigenvalue weighted by atomic mass is 9.91. The van der Waals surface area contributed by atoms with Gasteiger partial charge in [-0.05, 0) is 11.1 Å². The molecule has 0 saturated heterocycles. The van der Waals surface area contributed by atoms with Gasteiger partial charge in [-0.15, -0.1) is 0 Å². The number of nitrogens with zero attached hydrogens (tertiary/aromatic N) is 1. The van der Waals surface area contributed by atoms with Gasteiger partial charge in [0.15, 0.2) is 0 Å². The van der Waals surface area contributed by atoms with Crippen molar-refractivity contribution in [3.63, 3.8) is 0 Å². The highest BCUT2D eigenvalue weighted by atomic mass is 16.5. The predicted octanol–water partition coefficient (Wildman–Crippen LogP) is 2.37. The average molecular weight is 381 g/mol. The van der Waals surface area contributed by atoms with Crippen molar-refractivity contribution in [2.45, 2.75) is 18.6 Å². The highest BCUT2D eigenvalue weighted by Gasteiger charge is 2.45. The van der Waals surface area contributed by atoms with Gasteiger partial charge in [0, 0.05) is 13.0 Å². The Morgan fingerprint density at radius 1 is 1.11 bits per heavy atom. The van der Waals surface area contributed by atoms with E-state index in [1.165, 1.54) is 7.11 Å². The van der Waals surface area contributed by atoms with Gasteiger partial charge in [0.25, 0.3) is 0 Å². The molecular weight excluding hydrogens is 358 g/mol. The van der Waals surface area contributed by atoms with Crippen molar-refractivity contribution < 1.29 is 19.1 Å². The Hall–Kier alpha value is -3.35. The van der Waals surface area contributed by atoms with Gasteiger partial charge >= 0.3 is 12.1 Å². The lowest BCUT2D eigenvalue weighted by molar-refractivity contribution is -0.146. The molecule has 0 saturated carbocycles. The molecule has 0 aliphatic carbocycles. The number of amidine groups is 1. The predicted molar refractivity (Wildman–Crippen MR) is 105 cm³/mol. The number of methoxy groups -OCH3 is 1. The third kappa shape index (κ3) is 4.49. The number of amides is 1. The molecule has 2 aromatic rings. The molecule has 7 nitrogen and oxygen atoms in total. The zero-order valence-electron chi connectivity index (χ0n) is 15.7. The molecule has 7 heteroatoms. The maximum Gasteiger partial charge on any atom is 0.407 e.